The Bertz CT molecular complexity index is 1060. The number of nitrogens with zero attached hydrogens (tertiary/aromatic N) is 6. The summed E-state index contributed by atoms with van der Waals surface area (Å²) in [7, 11) is 0. The third-order valence-corrected chi connectivity index (χ3v) is 4.83. The van der Waals surface area contributed by atoms with E-state index < -0.39 is 0 Å². The second kappa shape index (κ2) is 6.31. The van der Waals surface area contributed by atoms with Crippen molar-refractivity contribution in [1.29, 1.82) is 0 Å². The fraction of sp³-hybridized carbons (Fsp3) is 0.200. The van der Waals surface area contributed by atoms with E-state index in [-0.39, 0.29) is 0 Å². The lowest BCUT2D eigenvalue weighted by atomic mass is 10.1. The Morgan fingerprint density at radius 1 is 1.04 bits per heavy atom. The summed E-state index contributed by atoms with van der Waals surface area (Å²) in [5.41, 5.74) is 5.74. The summed E-state index contributed by atoms with van der Waals surface area (Å²) in [5.74, 6) is 0.757. The summed E-state index contributed by atoms with van der Waals surface area (Å²) in [6, 6.07) is 10.1. The monoisotopic (exact) mass is 342 g/mol. The van der Waals surface area contributed by atoms with Crippen LogP contribution in [-0.4, -0.2) is 36.0 Å². The van der Waals surface area contributed by atoms with Gasteiger partial charge < -0.3 is 0 Å². The molecule has 4 aromatic rings. The lowest BCUT2D eigenvalue weighted by Gasteiger charge is -2.27. The molecule has 6 nitrogen and oxygen atoms in total. The molecule has 5 heterocycles. The van der Waals surface area contributed by atoms with Gasteiger partial charge in [0.15, 0.2) is 5.82 Å². The summed E-state index contributed by atoms with van der Waals surface area (Å²) in [6.45, 7) is 2.74. The summed E-state index contributed by atoms with van der Waals surface area (Å²) < 4.78 is 1.93. The van der Waals surface area contributed by atoms with Crippen molar-refractivity contribution in [3.63, 3.8) is 0 Å². The van der Waals surface area contributed by atoms with Crippen molar-refractivity contribution in [3.05, 3.63) is 78.1 Å². The zero-order valence-electron chi connectivity index (χ0n) is 14.3. The molecule has 0 amide bonds. The van der Waals surface area contributed by atoms with Crippen LogP contribution in [-0.2, 0) is 19.5 Å². The third-order valence-electron chi connectivity index (χ3n) is 4.83. The van der Waals surface area contributed by atoms with Crippen LogP contribution in [0, 0.1) is 0 Å². The van der Waals surface area contributed by atoms with Crippen LogP contribution in [0.25, 0.3) is 16.9 Å². The number of rotatable bonds is 3. The van der Waals surface area contributed by atoms with Gasteiger partial charge >= 0.3 is 0 Å². The van der Waals surface area contributed by atoms with Crippen LogP contribution in [0.1, 0.15) is 16.8 Å². The minimum absolute atomic E-state index is 0.757. The molecule has 0 N–H and O–H groups in total. The first-order valence-corrected chi connectivity index (χ1v) is 8.75. The highest BCUT2D eigenvalue weighted by Crippen LogP contribution is 2.22. The first-order chi connectivity index (χ1) is 12.9. The Labute approximate surface area is 151 Å². The van der Waals surface area contributed by atoms with Crippen LogP contribution in [0.4, 0.5) is 0 Å². The zero-order valence-corrected chi connectivity index (χ0v) is 14.3. The Kier molecular flexibility index (Phi) is 3.68. The van der Waals surface area contributed by atoms with Gasteiger partial charge in [-0.2, -0.15) is 5.10 Å². The van der Waals surface area contributed by atoms with Crippen LogP contribution in [0.5, 0.6) is 0 Å². The van der Waals surface area contributed by atoms with E-state index in [2.05, 4.69) is 32.1 Å². The quantitative estimate of drug-likeness (QED) is 0.573. The summed E-state index contributed by atoms with van der Waals surface area (Å²) in [4.78, 5) is 15.9. The first kappa shape index (κ1) is 15.2. The molecule has 4 aromatic heterocycles. The van der Waals surface area contributed by atoms with Crippen molar-refractivity contribution in [2.45, 2.75) is 19.5 Å². The minimum atomic E-state index is 0.757. The van der Waals surface area contributed by atoms with Crippen LogP contribution in [0.15, 0.2) is 61.3 Å². The van der Waals surface area contributed by atoms with Crippen LogP contribution >= 0.6 is 0 Å². The maximum absolute atomic E-state index is 4.77. The molecule has 0 saturated carbocycles. The van der Waals surface area contributed by atoms with Gasteiger partial charge in [-0.25, -0.2) is 14.5 Å². The van der Waals surface area contributed by atoms with E-state index in [0.717, 1.165) is 43.1 Å². The molecule has 0 atom stereocenters. The van der Waals surface area contributed by atoms with Crippen molar-refractivity contribution in [1.82, 2.24) is 29.5 Å². The number of fused-ring (bicyclic) bond motifs is 2. The van der Waals surface area contributed by atoms with E-state index in [0.29, 0.717) is 0 Å². The fourth-order valence-corrected chi connectivity index (χ4v) is 3.49. The Morgan fingerprint density at radius 2 is 2.04 bits per heavy atom. The number of aromatic nitrogens is 5. The second-order valence-corrected chi connectivity index (χ2v) is 6.57. The topological polar surface area (TPSA) is 59.2 Å². The SMILES string of the molecule is c1cncc(-c2ncc3c(n2)CCN(Cc2cnn4ccccc24)C3)c1. The van der Waals surface area contributed by atoms with Gasteiger partial charge in [-0.05, 0) is 24.3 Å². The molecule has 0 aliphatic carbocycles. The Hall–Kier alpha value is -3.12. The van der Waals surface area contributed by atoms with E-state index in [1.54, 1.807) is 6.20 Å². The van der Waals surface area contributed by atoms with Gasteiger partial charge in [0.1, 0.15) is 0 Å². The van der Waals surface area contributed by atoms with E-state index in [1.807, 2.05) is 47.5 Å². The lowest BCUT2D eigenvalue weighted by molar-refractivity contribution is 0.244. The highest BCUT2D eigenvalue weighted by molar-refractivity contribution is 5.54. The maximum atomic E-state index is 4.77. The summed E-state index contributed by atoms with van der Waals surface area (Å²) in [5, 5.41) is 4.43. The largest absolute Gasteiger partial charge is 0.294 e. The van der Waals surface area contributed by atoms with Crippen molar-refractivity contribution in [2.75, 3.05) is 6.54 Å². The highest BCUT2D eigenvalue weighted by Gasteiger charge is 2.20. The van der Waals surface area contributed by atoms with Crippen molar-refractivity contribution < 1.29 is 0 Å². The highest BCUT2D eigenvalue weighted by atomic mass is 15.2. The van der Waals surface area contributed by atoms with E-state index in [4.69, 9.17) is 4.98 Å². The molecular weight excluding hydrogens is 324 g/mol. The van der Waals surface area contributed by atoms with Gasteiger partial charge in [0.2, 0.25) is 0 Å². The van der Waals surface area contributed by atoms with E-state index in [9.17, 15) is 0 Å². The third kappa shape index (κ3) is 2.74. The predicted molar refractivity (Wildman–Crippen MR) is 98.3 cm³/mol. The average molecular weight is 342 g/mol. The molecular formula is C20H18N6. The maximum Gasteiger partial charge on any atom is 0.160 e. The molecule has 0 bridgehead atoms. The molecule has 1 aliphatic rings. The molecule has 26 heavy (non-hydrogen) atoms. The molecule has 6 heteroatoms. The molecule has 128 valence electrons. The summed E-state index contributed by atoms with van der Waals surface area (Å²) in [6.07, 6.45) is 10.4. The van der Waals surface area contributed by atoms with E-state index in [1.165, 1.54) is 16.6 Å². The van der Waals surface area contributed by atoms with Gasteiger partial charge in [-0.15, -0.1) is 0 Å². The lowest BCUT2D eigenvalue weighted by Crippen LogP contribution is -2.30. The zero-order chi connectivity index (χ0) is 17.3. The fourth-order valence-electron chi connectivity index (χ4n) is 3.49. The molecule has 0 saturated heterocycles. The smallest absolute Gasteiger partial charge is 0.160 e. The normalized spacial score (nSPS) is 14.5. The number of hydrogen-bond acceptors (Lipinski definition) is 5. The van der Waals surface area contributed by atoms with Crippen LogP contribution < -0.4 is 0 Å². The molecule has 0 spiro atoms. The Morgan fingerprint density at radius 3 is 2.96 bits per heavy atom. The van der Waals surface area contributed by atoms with Gasteiger partial charge in [-0.3, -0.25) is 9.88 Å². The van der Waals surface area contributed by atoms with Gasteiger partial charge in [-0.1, -0.05) is 6.07 Å². The number of hydrogen-bond donors (Lipinski definition) is 0. The standard InChI is InChI=1S/C20H18N6/c1-2-8-26-19(5-1)17(12-23-26)14-25-9-6-18-16(13-25)11-22-20(24-18)15-4-3-7-21-10-15/h1-5,7-8,10-12H,6,9,13-14H2. The molecule has 0 fully saturated rings. The van der Waals surface area contributed by atoms with Crippen LogP contribution in [0.2, 0.25) is 0 Å². The summed E-state index contributed by atoms with van der Waals surface area (Å²) >= 11 is 0. The minimum Gasteiger partial charge on any atom is -0.294 e. The number of pyridine rings is 2. The molecule has 0 radical (unpaired) electrons. The first-order valence-electron chi connectivity index (χ1n) is 8.75. The van der Waals surface area contributed by atoms with Crippen LogP contribution in [0.3, 0.4) is 0 Å². The second-order valence-electron chi connectivity index (χ2n) is 6.57. The van der Waals surface area contributed by atoms with Gasteiger partial charge in [0.25, 0.3) is 0 Å². The van der Waals surface area contributed by atoms with Crippen molar-refractivity contribution >= 4 is 5.52 Å². The van der Waals surface area contributed by atoms with E-state index >= 15 is 0 Å². The van der Waals surface area contributed by atoms with Gasteiger partial charge in [0.05, 0.1) is 17.4 Å². The Balaban J connectivity index is 1.37. The van der Waals surface area contributed by atoms with Crippen molar-refractivity contribution in [2.24, 2.45) is 0 Å². The average Bonchev–Trinajstić information content (AvgIpc) is 3.11. The molecule has 1 aliphatic heterocycles. The molecule has 0 unspecified atom stereocenters. The van der Waals surface area contributed by atoms with Crippen molar-refractivity contribution in [3.8, 4) is 11.4 Å². The molecule has 0 aromatic carbocycles. The van der Waals surface area contributed by atoms with Gasteiger partial charge in [0, 0.05) is 67.5 Å². The molecule has 5 rings (SSSR count). The predicted octanol–water partition coefficient (Wildman–Crippen LogP) is 2.74.